The van der Waals surface area contributed by atoms with Crippen LogP contribution in [-0.4, -0.2) is 10.8 Å². The number of hydrogen-bond donors (Lipinski definition) is 0. The van der Waals surface area contributed by atoms with Gasteiger partial charge in [0.2, 0.25) is 0 Å². The van der Waals surface area contributed by atoms with E-state index in [1.165, 1.54) is 12.8 Å². The molecule has 0 bridgehead atoms. The maximum atomic E-state index is 11.9. The fourth-order valence-corrected chi connectivity index (χ4v) is 1.84. The molecule has 88 valence electrons. The first-order chi connectivity index (χ1) is 7.65. The molecule has 2 heteroatoms. The fourth-order valence-electron chi connectivity index (χ4n) is 1.84. The smallest absolute Gasteiger partial charge is 0.181 e. The summed E-state index contributed by atoms with van der Waals surface area (Å²) in [6.45, 7) is 6.13. The van der Waals surface area contributed by atoms with Crippen LogP contribution in [0.1, 0.15) is 60.6 Å². The van der Waals surface area contributed by atoms with Gasteiger partial charge in [-0.1, -0.05) is 32.3 Å². The molecular formula is C14H21NO. The molecule has 0 aliphatic heterocycles. The molecular weight excluding hydrogens is 198 g/mol. The monoisotopic (exact) mass is 219 g/mol. The number of hydrogen-bond acceptors (Lipinski definition) is 2. The van der Waals surface area contributed by atoms with Crippen LogP contribution in [0.2, 0.25) is 0 Å². The van der Waals surface area contributed by atoms with Crippen LogP contribution in [-0.2, 0) is 0 Å². The Balaban J connectivity index is 2.53. The van der Waals surface area contributed by atoms with E-state index >= 15 is 0 Å². The van der Waals surface area contributed by atoms with E-state index in [-0.39, 0.29) is 5.78 Å². The second-order valence-electron chi connectivity index (χ2n) is 4.41. The van der Waals surface area contributed by atoms with Crippen LogP contribution in [0.25, 0.3) is 0 Å². The molecule has 0 saturated heterocycles. The molecule has 0 fully saturated rings. The van der Waals surface area contributed by atoms with E-state index in [1.807, 2.05) is 19.9 Å². The minimum absolute atomic E-state index is 0.189. The summed E-state index contributed by atoms with van der Waals surface area (Å²) in [6.07, 6.45) is 6.96. The van der Waals surface area contributed by atoms with E-state index in [0.29, 0.717) is 12.1 Å². The highest BCUT2D eigenvalue weighted by molar-refractivity contribution is 5.95. The molecule has 0 aliphatic carbocycles. The summed E-state index contributed by atoms with van der Waals surface area (Å²) < 4.78 is 0. The lowest BCUT2D eigenvalue weighted by Crippen LogP contribution is -2.05. The topological polar surface area (TPSA) is 30.0 Å². The zero-order valence-corrected chi connectivity index (χ0v) is 10.5. The average Bonchev–Trinajstić information content (AvgIpc) is 2.24. The van der Waals surface area contributed by atoms with Gasteiger partial charge >= 0.3 is 0 Å². The van der Waals surface area contributed by atoms with Crippen molar-refractivity contribution >= 4 is 5.78 Å². The molecule has 0 aromatic carbocycles. The summed E-state index contributed by atoms with van der Waals surface area (Å²) in [5.74, 6) is 0.189. The van der Waals surface area contributed by atoms with Crippen LogP contribution >= 0.6 is 0 Å². The number of ketones is 1. The number of rotatable bonds is 6. The number of aromatic nitrogens is 1. The third-order valence-corrected chi connectivity index (χ3v) is 2.74. The van der Waals surface area contributed by atoms with Crippen LogP contribution in [0.5, 0.6) is 0 Å². The largest absolute Gasteiger partial charge is 0.292 e. The van der Waals surface area contributed by atoms with Crippen molar-refractivity contribution in [3.05, 3.63) is 29.1 Å². The van der Waals surface area contributed by atoms with E-state index in [4.69, 9.17) is 0 Å². The van der Waals surface area contributed by atoms with Crippen LogP contribution in [0.4, 0.5) is 0 Å². The third kappa shape index (κ3) is 3.76. The Hall–Kier alpha value is -1.18. The molecule has 1 aromatic heterocycles. The van der Waals surface area contributed by atoms with Crippen molar-refractivity contribution in [1.29, 1.82) is 0 Å². The zero-order chi connectivity index (χ0) is 12.0. The van der Waals surface area contributed by atoms with Crippen molar-refractivity contribution in [3.8, 4) is 0 Å². The molecule has 0 radical (unpaired) electrons. The average molecular weight is 219 g/mol. The van der Waals surface area contributed by atoms with Crippen molar-refractivity contribution < 1.29 is 4.79 Å². The lowest BCUT2D eigenvalue weighted by molar-refractivity contribution is 0.0973. The Morgan fingerprint density at radius 2 is 2.00 bits per heavy atom. The van der Waals surface area contributed by atoms with Crippen molar-refractivity contribution in [3.63, 3.8) is 0 Å². The minimum atomic E-state index is 0.189. The van der Waals surface area contributed by atoms with Crippen LogP contribution < -0.4 is 0 Å². The van der Waals surface area contributed by atoms with Gasteiger partial charge in [-0.25, -0.2) is 0 Å². The van der Waals surface area contributed by atoms with Crippen LogP contribution in [0.3, 0.4) is 0 Å². The van der Waals surface area contributed by atoms with Gasteiger partial charge in [-0.2, -0.15) is 0 Å². The summed E-state index contributed by atoms with van der Waals surface area (Å²) in [5.41, 5.74) is 2.77. The van der Waals surface area contributed by atoms with Gasteiger partial charge < -0.3 is 0 Å². The molecule has 0 aliphatic rings. The number of nitrogens with zero attached hydrogens (tertiary/aromatic N) is 1. The lowest BCUT2D eigenvalue weighted by atomic mass is 10.0. The van der Waals surface area contributed by atoms with E-state index in [2.05, 4.69) is 11.9 Å². The molecule has 0 saturated carbocycles. The van der Waals surface area contributed by atoms with Crippen molar-refractivity contribution in [1.82, 2.24) is 4.98 Å². The molecule has 16 heavy (non-hydrogen) atoms. The number of pyridine rings is 1. The van der Waals surface area contributed by atoms with Crippen molar-refractivity contribution in [2.45, 2.75) is 52.9 Å². The van der Waals surface area contributed by atoms with Gasteiger partial charge in [-0.3, -0.25) is 9.78 Å². The maximum absolute atomic E-state index is 11.9. The fraction of sp³-hybridized carbons (Fsp3) is 0.571. The lowest BCUT2D eigenvalue weighted by Gasteiger charge is -2.04. The number of carbonyl (C=O) groups excluding carboxylic acids is 1. The Bertz CT molecular complexity index is 358. The molecule has 0 amide bonds. The van der Waals surface area contributed by atoms with Gasteiger partial charge in [0.1, 0.15) is 5.69 Å². The standard InChI is InChI=1S/C14H21NO/c1-4-5-6-7-8-13(16)14-12(3)9-11(2)10-15-14/h9-10H,4-8H2,1-3H3. The summed E-state index contributed by atoms with van der Waals surface area (Å²) in [6, 6.07) is 2.02. The summed E-state index contributed by atoms with van der Waals surface area (Å²) >= 11 is 0. The summed E-state index contributed by atoms with van der Waals surface area (Å²) in [4.78, 5) is 16.1. The van der Waals surface area contributed by atoms with Gasteiger partial charge in [0.05, 0.1) is 0 Å². The second-order valence-corrected chi connectivity index (χ2v) is 4.41. The van der Waals surface area contributed by atoms with Gasteiger partial charge in [0.25, 0.3) is 0 Å². The number of unbranched alkanes of at least 4 members (excludes halogenated alkanes) is 3. The normalized spacial score (nSPS) is 10.4. The predicted octanol–water partition coefficient (Wildman–Crippen LogP) is 3.85. The van der Waals surface area contributed by atoms with Gasteiger partial charge in [0.15, 0.2) is 5.78 Å². The number of carbonyl (C=O) groups is 1. The van der Waals surface area contributed by atoms with Gasteiger partial charge in [-0.15, -0.1) is 0 Å². The molecule has 0 spiro atoms. The zero-order valence-electron chi connectivity index (χ0n) is 10.5. The van der Waals surface area contributed by atoms with E-state index in [9.17, 15) is 4.79 Å². The molecule has 2 nitrogen and oxygen atoms in total. The molecule has 0 N–H and O–H groups in total. The highest BCUT2D eigenvalue weighted by atomic mass is 16.1. The first-order valence-corrected chi connectivity index (χ1v) is 6.11. The molecule has 0 unspecified atom stereocenters. The van der Waals surface area contributed by atoms with Gasteiger partial charge in [-0.05, 0) is 31.4 Å². The van der Waals surface area contributed by atoms with Crippen molar-refractivity contribution in [2.75, 3.05) is 0 Å². The number of aryl methyl sites for hydroxylation is 2. The van der Waals surface area contributed by atoms with Crippen molar-refractivity contribution in [2.24, 2.45) is 0 Å². The van der Waals surface area contributed by atoms with Gasteiger partial charge in [0, 0.05) is 12.6 Å². The predicted molar refractivity (Wildman–Crippen MR) is 66.8 cm³/mol. The van der Waals surface area contributed by atoms with E-state index in [0.717, 1.165) is 24.0 Å². The highest BCUT2D eigenvalue weighted by Gasteiger charge is 2.09. The highest BCUT2D eigenvalue weighted by Crippen LogP contribution is 2.12. The van der Waals surface area contributed by atoms with E-state index < -0.39 is 0 Å². The SMILES string of the molecule is CCCCCCC(=O)c1ncc(C)cc1C. The summed E-state index contributed by atoms with van der Waals surface area (Å²) in [5, 5.41) is 0. The van der Waals surface area contributed by atoms with Crippen LogP contribution in [0.15, 0.2) is 12.3 Å². The first-order valence-electron chi connectivity index (χ1n) is 6.11. The molecule has 1 aromatic rings. The Morgan fingerprint density at radius 3 is 2.62 bits per heavy atom. The quantitative estimate of drug-likeness (QED) is 0.537. The minimum Gasteiger partial charge on any atom is -0.292 e. The van der Waals surface area contributed by atoms with E-state index in [1.54, 1.807) is 6.20 Å². The molecule has 0 atom stereocenters. The molecule has 1 rings (SSSR count). The number of Topliss-reactive ketones (excluding diaryl/α,β-unsaturated/α-hetero) is 1. The Kier molecular flexibility index (Phi) is 5.17. The summed E-state index contributed by atoms with van der Waals surface area (Å²) in [7, 11) is 0. The Labute approximate surface area is 98.1 Å². The molecule has 1 heterocycles. The first kappa shape index (κ1) is 12.9. The Morgan fingerprint density at radius 1 is 1.25 bits per heavy atom. The van der Waals surface area contributed by atoms with Crippen LogP contribution in [0, 0.1) is 13.8 Å². The maximum Gasteiger partial charge on any atom is 0.181 e. The third-order valence-electron chi connectivity index (χ3n) is 2.74. The second kappa shape index (κ2) is 6.41.